The topological polar surface area (TPSA) is 49.3 Å². The van der Waals surface area contributed by atoms with Crippen LogP contribution in [-0.2, 0) is 13.0 Å². The average molecular weight is 445 g/mol. The summed E-state index contributed by atoms with van der Waals surface area (Å²) in [5, 5.41) is 7.34. The van der Waals surface area contributed by atoms with Crippen LogP contribution in [-0.4, -0.2) is 24.5 Å². The molecule has 4 nitrogen and oxygen atoms in total. The van der Waals surface area contributed by atoms with E-state index in [9.17, 15) is 0 Å². The lowest BCUT2D eigenvalue weighted by Gasteiger charge is -2.12. The molecule has 0 radical (unpaired) electrons. The Bertz CT molecular complexity index is 646. The van der Waals surface area contributed by atoms with Crippen molar-refractivity contribution < 1.29 is 0 Å². The van der Waals surface area contributed by atoms with E-state index >= 15 is 0 Å². The SMILES string of the molecule is CN=C(NCCc1cccc(Cl)c1)NCc1ncccc1C.I. The third-order valence-corrected chi connectivity index (χ3v) is 3.59. The Labute approximate surface area is 159 Å². The second-order valence-electron chi connectivity index (χ2n) is 5.00. The highest BCUT2D eigenvalue weighted by Crippen LogP contribution is 2.10. The van der Waals surface area contributed by atoms with E-state index in [1.807, 2.05) is 24.3 Å². The number of rotatable bonds is 5. The Hall–Kier alpha value is -1.34. The number of nitrogens with zero attached hydrogens (tertiary/aromatic N) is 2. The lowest BCUT2D eigenvalue weighted by Crippen LogP contribution is -2.38. The van der Waals surface area contributed by atoms with E-state index in [4.69, 9.17) is 11.6 Å². The normalized spacial score (nSPS) is 10.8. The molecular formula is C17H22ClIN4. The van der Waals surface area contributed by atoms with Crippen molar-refractivity contribution in [3.8, 4) is 0 Å². The number of benzene rings is 1. The first kappa shape index (κ1) is 19.7. The van der Waals surface area contributed by atoms with Gasteiger partial charge < -0.3 is 10.6 Å². The van der Waals surface area contributed by atoms with Crippen LogP contribution in [0.5, 0.6) is 0 Å². The van der Waals surface area contributed by atoms with Crippen LogP contribution in [0.15, 0.2) is 47.6 Å². The van der Waals surface area contributed by atoms with Crippen molar-refractivity contribution in [2.75, 3.05) is 13.6 Å². The Balaban J connectivity index is 0.00000264. The number of halogens is 2. The van der Waals surface area contributed by atoms with Crippen molar-refractivity contribution in [1.82, 2.24) is 15.6 Å². The van der Waals surface area contributed by atoms with Gasteiger partial charge in [-0.25, -0.2) is 0 Å². The minimum atomic E-state index is 0. The predicted octanol–water partition coefficient (Wildman–Crippen LogP) is 3.57. The van der Waals surface area contributed by atoms with Gasteiger partial charge in [-0.1, -0.05) is 29.8 Å². The van der Waals surface area contributed by atoms with Gasteiger partial charge in [-0.15, -0.1) is 24.0 Å². The molecule has 6 heteroatoms. The van der Waals surface area contributed by atoms with Crippen molar-refractivity contribution in [3.63, 3.8) is 0 Å². The summed E-state index contributed by atoms with van der Waals surface area (Å²) in [6.07, 6.45) is 2.70. The summed E-state index contributed by atoms with van der Waals surface area (Å²) >= 11 is 5.98. The maximum atomic E-state index is 5.98. The molecular weight excluding hydrogens is 423 g/mol. The van der Waals surface area contributed by atoms with Crippen molar-refractivity contribution in [2.24, 2.45) is 4.99 Å². The van der Waals surface area contributed by atoms with Crippen LogP contribution >= 0.6 is 35.6 Å². The molecule has 0 aliphatic rings. The van der Waals surface area contributed by atoms with Crippen LogP contribution < -0.4 is 10.6 Å². The number of nitrogens with one attached hydrogen (secondary N) is 2. The average Bonchev–Trinajstić information content (AvgIpc) is 2.52. The van der Waals surface area contributed by atoms with Gasteiger partial charge in [0, 0.05) is 24.8 Å². The standard InChI is InChI=1S/C17H21ClN4.HI/c1-13-5-4-9-20-16(13)12-22-17(19-2)21-10-8-14-6-3-7-15(18)11-14;/h3-7,9,11H,8,10,12H2,1-2H3,(H2,19,21,22);1H. The number of aryl methyl sites for hydroxylation is 1. The van der Waals surface area contributed by atoms with Crippen molar-refractivity contribution >= 4 is 41.5 Å². The number of aromatic nitrogens is 1. The molecule has 0 fully saturated rings. The third-order valence-electron chi connectivity index (χ3n) is 3.36. The molecule has 124 valence electrons. The first-order valence-electron chi connectivity index (χ1n) is 7.28. The van der Waals surface area contributed by atoms with Crippen molar-refractivity contribution in [1.29, 1.82) is 0 Å². The van der Waals surface area contributed by atoms with Crippen molar-refractivity contribution in [3.05, 3.63) is 64.4 Å². The summed E-state index contributed by atoms with van der Waals surface area (Å²) in [5.74, 6) is 0.770. The number of hydrogen-bond donors (Lipinski definition) is 2. The summed E-state index contributed by atoms with van der Waals surface area (Å²) in [6, 6.07) is 11.9. The van der Waals surface area contributed by atoms with Crippen LogP contribution in [0.4, 0.5) is 0 Å². The number of guanidine groups is 1. The smallest absolute Gasteiger partial charge is 0.191 e. The summed E-state index contributed by atoms with van der Waals surface area (Å²) in [7, 11) is 1.76. The van der Waals surface area contributed by atoms with Crippen LogP contribution in [0.1, 0.15) is 16.8 Å². The number of hydrogen-bond acceptors (Lipinski definition) is 2. The second kappa shape index (κ2) is 10.4. The molecule has 0 unspecified atom stereocenters. The fourth-order valence-electron chi connectivity index (χ4n) is 2.11. The minimum absolute atomic E-state index is 0. The summed E-state index contributed by atoms with van der Waals surface area (Å²) in [5.41, 5.74) is 3.40. The van der Waals surface area contributed by atoms with Gasteiger partial charge in [-0.3, -0.25) is 9.98 Å². The highest BCUT2D eigenvalue weighted by Gasteiger charge is 2.02. The van der Waals surface area contributed by atoms with Crippen LogP contribution in [0.3, 0.4) is 0 Å². The van der Waals surface area contributed by atoms with Gasteiger partial charge >= 0.3 is 0 Å². The monoisotopic (exact) mass is 444 g/mol. The van der Waals surface area contributed by atoms with Crippen LogP contribution in [0, 0.1) is 6.92 Å². The molecule has 0 aliphatic carbocycles. The highest BCUT2D eigenvalue weighted by atomic mass is 127. The summed E-state index contributed by atoms with van der Waals surface area (Å²) in [4.78, 5) is 8.58. The van der Waals surface area contributed by atoms with E-state index in [1.54, 1.807) is 13.2 Å². The molecule has 1 aromatic carbocycles. The molecule has 2 rings (SSSR count). The molecule has 0 atom stereocenters. The second-order valence-corrected chi connectivity index (χ2v) is 5.44. The lowest BCUT2D eigenvalue weighted by molar-refractivity contribution is 0.780. The minimum Gasteiger partial charge on any atom is -0.356 e. The molecule has 1 heterocycles. The maximum absolute atomic E-state index is 5.98. The number of pyridine rings is 1. The quantitative estimate of drug-likeness (QED) is 0.421. The highest BCUT2D eigenvalue weighted by molar-refractivity contribution is 14.0. The largest absolute Gasteiger partial charge is 0.356 e. The first-order chi connectivity index (χ1) is 10.7. The van der Waals surface area contributed by atoms with E-state index in [2.05, 4.69) is 39.7 Å². The number of aliphatic imine (C=N–C) groups is 1. The molecule has 0 amide bonds. The third kappa shape index (κ3) is 6.74. The van der Waals surface area contributed by atoms with Gasteiger partial charge in [0.1, 0.15) is 0 Å². The molecule has 0 saturated heterocycles. The zero-order valence-corrected chi connectivity index (χ0v) is 16.4. The van der Waals surface area contributed by atoms with E-state index in [1.165, 1.54) is 11.1 Å². The Morgan fingerprint density at radius 1 is 1.22 bits per heavy atom. The summed E-state index contributed by atoms with van der Waals surface area (Å²) in [6.45, 7) is 3.50. The fourth-order valence-corrected chi connectivity index (χ4v) is 2.32. The molecule has 1 aromatic heterocycles. The zero-order valence-electron chi connectivity index (χ0n) is 13.3. The van der Waals surface area contributed by atoms with Gasteiger partial charge in [0.25, 0.3) is 0 Å². The molecule has 2 N–H and O–H groups in total. The molecule has 23 heavy (non-hydrogen) atoms. The van der Waals surface area contributed by atoms with Gasteiger partial charge in [0.15, 0.2) is 5.96 Å². The van der Waals surface area contributed by atoms with E-state index in [0.717, 1.165) is 29.6 Å². The zero-order chi connectivity index (χ0) is 15.8. The van der Waals surface area contributed by atoms with Gasteiger partial charge in [-0.2, -0.15) is 0 Å². The van der Waals surface area contributed by atoms with Gasteiger partial charge in [-0.05, 0) is 42.7 Å². The van der Waals surface area contributed by atoms with Crippen LogP contribution in [0.25, 0.3) is 0 Å². The Morgan fingerprint density at radius 3 is 2.74 bits per heavy atom. The molecule has 0 spiro atoms. The van der Waals surface area contributed by atoms with E-state index in [0.29, 0.717) is 6.54 Å². The van der Waals surface area contributed by atoms with Crippen LogP contribution in [0.2, 0.25) is 5.02 Å². The Kier molecular flexibility index (Phi) is 8.94. The molecule has 0 bridgehead atoms. The van der Waals surface area contributed by atoms with Gasteiger partial charge in [0.2, 0.25) is 0 Å². The van der Waals surface area contributed by atoms with Crippen molar-refractivity contribution in [2.45, 2.75) is 19.9 Å². The maximum Gasteiger partial charge on any atom is 0.191 e. The lowest BCUT2D eigenvalue weighted by atomic mass is 10.1. The van der Waals surface area contributed by atoms with Gasteiger partial charge in [0.05, 0.1) is 12.2 Å². The predicted molar refractivity (Wildman–Crippen MR) is 108 cm³/mol. The fraction of sp³-hybridized carbons (Fsp3) is 0.294. The molecule has 0 aliphatic heterocycles. The first-order valence-corrected chi connectivity index (χ1v) is 7.66. The molecule has 2 aromatic rings. The summed E-state index contributed by atoms with van der Waals surface area (Å²) < 4.78 is 0. The Morgan fingerprint density at radius 2 is 2.04 bits per heavy atom. The van der Waals surface area contributed by atoms with E-state index < -0.39 is 0 Å². The van der Waals surface area contributed by atoms with E-state index in [-0.39, 0.29) is 24.0 Å². The molecule has 0 saturated carbocycles.